The molecule has 4 atom stereocenters. The van der Waals surface area contributed by atoms with Crippen LogP contribution in [0.2, 0.25) is 0 Å². The Morgan fingerprint density at radius 2 is 1.16 bits per heavy atom. The van der Waals surface area contributed by atoms with Gasteiger partial charge in [0.1, 0.15) is 12.2 Å². The van der Waals surface area contributed by atoms with Crippen molar-refractivity contribution in [2.45, 2.75) is 129 Å². The van der Waals surface area contributed by atoms with Crippen LogP contribution in [0, 0.1) is 0 Å². The molecule has 0 radical (unpaired) electrons. The summed E-state index contributed by atoms with van der Waals surface area (Å²) in [5, 5.41) is 9.11. The quantitative estimate of drug-likeness (QED) is 0.487. The fourth-order valence-electron chi connectivity index (χ4n) is 5.00. The molecule has 32 heavy (non-hydrogen) atoms. The van der Waals surface area contributed by atoms with Crippen molar-refractivity contribution in [3.63, 3.8) is 0 Å². The number of hydrogen-bond donors (Lipinski definition) is 1. The maximum absolute atomic E-state index is 11.6. The van der Waals surface area contributed by atoms with E-state index in [9.17, 15) is 4.57 Å². The first kappa shape index (κ1) is 30.0. The van der Waals surface area contributed by atoms with Gasteiger partial charge in [-0.25, -0.2) is 0 Å². The van der Waals surface area contributed by atoms with Crippen LogP contribution in [-0.4, -0.2) is 67.6 Å². The third kappa shape index (κ3) is 7.49. The van der Waals surface area contributed by atoms with E-state index in [4.69, 9.17) is 28.6 Å². The SMILES string of the molecule is C.C.CC[C@@H]1OC2(CCCC2)O[C@H]1CO.CC[C@@H]1OC2(CCCC2)O[C@H]1COP(C)(C)=O. The van der Waals surface area contributed by atoms with E-state index >= 15 is 0 Å². The normalized spacial score (nSPS) is 32.4. The van der Waals surface area contributed by atoms with E-state index in [1.807, 2.05) is 0 Å². The molecule has 2 saturated carbocycles. The summed E-state index contributed by atoms with van der Waals surface area (Å²) in [6, 6.07) is 0. The molecular weight excluding hydrogens is 431 g/mol. The third-order valence-electron chi connectivity index (χ3n) is 6.56. The number of ether oxygens (including phenoxy) is 4. The lowest BCUT2D eigenvalue weighted by Crippen LogP contribution is -2.28. The molecule has 4 rings (SSSR count). The molecule has 0 unspecified atom stereocenters. The Kier molecular flexibility index (Phi) is 11.8. The molecule has 4 aliphatic rings. The molecule has 2 spiro atoms. The minimum absolute atomic E-state index is 0. The standard InChI is InChI=1S/C12H23O4P.C10H18O3.2CH4/c1-4-10-11(9-14-17(2,3)13)16-12(15-10)7-5-6-8-12;1-2-8-9(7-11)13-10(12-8)5-3-4-6-10;;/h10-11H,4-9H2,1-3H3;8-9,11H,2-7H2,1H3;2*1H4/t10-,11-;8-,9-;;/m00../s1. The molecule has 4 fully saturated rings. The van der Waals surface area contributed by atoms with Crippen molar-refractivity contribution in [3.8, 4) is 0 Å². The first-order chi connectivity index (χ1) is 14.2. The maximum Gasteiger partial charge on any atom is 0.197 e. The molecule has 2 aliphatic carbocycles. The van der Waals surface area contributed by atoms with E-state index in [0.717, 1.165) is 38.5 Å². The molecule has 0 amide bonds. The maximum atomic E-state index is 11.6. The molecular formula is C24H49O7P. The zero-order valence-corrected chi connectivity index (χ0v) is 20.0. The van der Waals surface area contributed by atoms with Crippen molar-refractivity contribution in [2.24, 2.45) is 0 Å². The third-order valence-corrected chi connectivity index (χ3v) is 7.33. The minimum atomic E-state index is -2.43. The molecule has 8 heteroatoms. The minimum Gasteiger partial charge on any atom is -0.394 e. The van der Waals surface area contributed by atoms with Gasteiger partial charge >= 0.3 is 0 Å². The van der Waals surface area contributed by atoms with Crippen LogP contribution < -0.4 is 0 Å². The summed E-state index contributed by atoms with van der Waals surface area (Å²) in [6.07, 6.45) is 10.5. The average molecular weight is 481 g/mol. The second-order valence-corrected chi connectivity index (χ2v) is 12.2. The average Bonchev–Trinajstić information content (AvgIpc) is 3.49. The van der Waals surface area contributed by atoms with Gasteiger partial charge in [0.05, 0.1) is 25.4 Å². The van der Waals surface area contributed by atoms with Crippen LogP contribution in [0.3, 0.4) is 0 Å². The summed E-state index contributed by atoms with van der Waals surface area (Å²) in [7, 11) is -2.43. The van der Waals surface area contributed by atoms with Crippen molar-refractivity contribution in [1.29, 1.82) is 0 Å². The topological polar surface area (TPSA) is 83.5 Å². The van der Waals surface area contributed by atoms with Gasteiger partial charge in [0.25, 0.3) is 0 Å². The zero-order chi connectivity index (χ0) is 21.8. The van der Waals surface area contributed by atoms with Gasteiger partial charge in [-0.3, -0.25) is 4.57 Å². The van der Waals surface area contributed by atoms with Crippen molar-refractivity contribution < 1.29 is 33.1 Å². The zero-order valence-electron chi connectivity index (χ0n) is 19.1. The molecule has 0 aromatic carbocycles. The van der Waals surface area contributed by atoms with Crippen LogP contribution in [-0.2, 0) is 28.0 Å². The Bertz CT molecular complexity index is 567. The highest BCUT2D eigenvalue weighted by Gasteiger charge is 2.49. The highest BCUT2D eigenvalue weighted by Crippen LogP contribution is 2.45. The van der Waals surface area contributed by atoms with E-state index in [1.165, 1.54) is 25.7 Å². The van der Waals surface area contributed by atoms with E-state index in [-0.39, 0.29) is 57.5 Å². The predicted molar refractivity (Wildman–Crippen MR) is 128 cm³/mol. The Morgan fingerprint density at radius 3 is 1.50 bits per heavy atom. The van der Waals surface area contributed by atoms with E-state index in [1.54, 1.807) is 13.3 Å². The molecule has 192 valence electrons. The fraction of sp³-hybridized carbons (Fsp3) is 1.00. The lowest BCUT2D eigenvalue weighted by molar-refractivity contribution is -0.171. The van der Waals surface area contributed by atoms with Gasteiger partial charge in [-0.15, -0.1) is 0 Å². The summed E-state index contributed by atoms with van der Waals surface area (Å²) in [4.78, 5) is 0. The highest BCUT2D eigenvalue weighted by molar-refractivity contribution is 7.57. The first-order valence-electron chi connectivity index (χ1n) is 11.8. The van der Waals surface area contributed by atoms with Gasteiger partial charge in [0, 0.05) is 39.0 Å². The summed E-state index contributed by atoms with van der Waals surface area (Å²) in [5.74, 6) is -0.686. The lowest BCUT2D eigenvalue weighted by atomic mass is 10.2. The molecule has 0 bridgehead atoms. The Balaban J connectivity index is 0.000000310. The van der Waals surface area contributed by atoms with Crippen LogP contribution in [0.25, 0.3) is 0 Å². The lowest BCUT2D eigenvalue weighted by Gasteiger charge is -2.22. The van der Waals surface area contributed by atoms with Crippen LogP contribution in [0.5, 0.6) is 0 Å². The van der Waals surface area contributed by atoms with Gasteiger partial charge in [0.2, 0.25) is 0 Å². The van der Waals surface area contributed by atoms with E-state index in [2.05, 4.69) is 13.8 Å². The molecule has 0 aromatic rings. The van der Waals surface area contributed by atoms with Crippen molar-refractivity contribution >= 4 is 7.37 Å². The molecule has 2 heterocycles. The summed E-state index contributed by atoms with van der Waals surface area (Å²) < 4.78 is 40.7. The fourth-order valence-corrected chi connectivity index (χ4v) is 5.51. The Hall–Kier alpha value is -0.0100. The van der Waals surface area contributed by atoms with Crippen LogP contribution in [0.15, 0.2) is 0 Å². The van der Waals surface area contributed by atoms with E-state index < -0.39 is 7.37 Å². The number of rotatable bonds is 6. The van der Waals surface area contributed by atoms with Gasteiger partial charge < -0.3 is 28.6 Å². The largest absolute Gasteiger partial charge is 0.394 e. The molecule has 1 N–H and O–H groups in total. The van der Waals surface area contributed by atoms with Crippen molar-refractivity contribution in [3.05, 3.63) is 0 Å². The second-order valence-electron chi connectivity index (χ2n) is 9.41. The number of aliphatic hydroxyl groups excluding tert-OH is 1. The highest BCUT2D eigenvalue weighted by atomic mass is 31.2. The van der Waals surface area contributed by atoms with Crippen LogP contribution in [0.1, 0.15) is 92.9 Å². The number of aliphatic hydroxyl groups is 1. The van der Waals surface area contributed by atoms with Gasteiger partial charge in [-0.1, -0.05) is 28.7 Å². The Morgan fingerprint density at radius 1 is 0.781 bits per heavy atom. The van der Waals surface area contributed by atoms with Crippen molar-refractivity contribution in [2.75, 3.05) is 26.5 Å². The summed E-state index contributed by atoms with van der Waals surface area (Å²) in [5.41, 5.74) is 0. The molecule has 2 saturated heterocycles. The first-order valence-corrected chi connectivity index (χ1v) is 14.3. The van der Waals surface area contributed by atoms with Crippen LogP contribution in [0.4, 0.5) is 0 Å². The van der Waals surface area contributed by atoms with E-state index in [0.29, 0.717) is 6.61 Å². The van der Waals surface area contributed by atoms with Crippen LogP contribution >= 0.6 is 7.37 Å². The monoisotopic (exact) mass is 480 g/mol. The molecule has 7 nitrogen and oxygen atoms in total. The van der Waals surface area contributed by atoms with Gasteiger partial charge in [-0.2, -0.15) is 0 Å². The van der Waals surface area contributed by atoms with Gasteiger partial charge in [-0.05, 0) is 38.5 Å². The van der Waals surface area contributed by atoms with Crippen molar-refractivity contribution in [1.82, 2.24) is 0 Å². The molecule has 2 aliphatic heterocycles. The Labute approximate surface area is 196 Å². The second kappa shape index (κ2) is 12.6. The summed E-state index contributed by atoms with van der Waals surface area (Å²) >= 11 is 0. The molecule has 0 aromatic heterocycles. The van der Waals surface area contributed by atoms with Gasteiger partial charge in [0.15, 0.2) is 18.9 Å². The number of hydrogen-bond acceptors (Lipinski definition) is 7. The summed E-state index contributed by atoms with van der Waals surface area (Å²) in [6.45, 7) is 7.89. The smallest absolute Gasteiger partial charge is 0.197 e. The predicted octanol–water partition coefficient (Wildman–Crippen LogP) is 5.72.